The number of ether oxygens (including phenoxy) is 1. The van der Waals surface area contributed by atoms with Gasteiger partial charge in [-0.25, -0.2) is 9.37 Å². The number of aromatic nitrogens is 1. The van der Waals surface area contributed by atoms with Crippen LogP contribution in [0.2, 0.25) is 0 Å². The average molecular weight is 427 g/mol. The van der Waals surface area contributed by atoms with Crippen LogP contribution in [-0.4, -0.2) is 48.6 Å². The van der Waals surface area contributed by atoms with Crippen molar-refractivity contribution in [3.05, 3.63) is 65.8 Å². The van der Waals surface area contributed by atoms with E-state index in [1.165, 1.54) is 12.3 Å². The second-order valence-corrected chi connectivity index (χ2v) is 7.51. The first-order valence-corrected chi connectivity index (χ1v) is 10.4. The maximum absolute atomic E-state index is 13.9. The molecular formula is C23H26FN3O4. The molecule has 164 valence electrons. The minimum Gasteiger partial charge on any atom is -0.465 e. The molecule has 1 atom stereocenters. The number of benzene rings is 1. The van der Waals surface area contributed by atoms with Gasteiger partial charge in [0.2, 0.25) is 5.91 Å². The van der Waals surface area contributed by atoms with E-state index in [2.05, 4.69) is 15.2 Å². The second kappa shape index (κ2) is 9.89. The number of morpholine rings is 1. The number of hydrogen-bond donors (Lipinski definition) is 1. The van der Waals surface area contributed by atoms with Crippen LogP contribution >= 0.6 is 0 Å². The van der Waals surface area contributed by atoms with Crippen molar-refractivity contribution in [1.82, 2.24) is 15.2 Å². The van der Waals surface area contributed by atoms with E-state index in [0.29, 0.717) is 43.4 Å². The Morgan fingerprint density at radius 2 is 2.00 bits per heavy atom. The Balaban J connectivity index is 1.32. The van der Waals surface area contributed by atoms with Crippen LogP contribution in [0.4, 0.5) is 4.39 Å². The molecule has 1 aromatic carbocycles. The van der Waals surface area contributed by atoms with Crippen molar-refractivity contribution < 1.29 is 22.8 Å². The molecule has 7 nitrogen and oxygen atoms in total. The summed E-state index contributed by atoms with van der Waals surface area (Å²) in [5.41, 5.74) is 0.354. The Hall–Kier alpha value is -2.97. The van der Waals surface area contributed by atoms with Gasteiger partial charge in [0, 0.05) is 32.5 Å². The van der Waals surface area contributed by atoms with Crippen LogP contribution in [0.1, 0.15) is 29.9 Å². The molecule has 0 spiro atoms. The number of amides is 1. The summed E-state index contributed by atoms with van der Waals surface area (Å²) in [7, 11) is 0. The summed E-state index contributed by atoms with van der Waals surface area (Å²) in [6.45, 7) is 5.25. The molecule has 4 rings (SSSR count). The third-order valence-electron chi connectivity index (χ3n) is 5.33. The molecule has 1 saturated heterocycles. The third kappa shape index (κ3) is 5.39. The highest BCUT2D eigenvalue weighted by molar-refractivity contribution is 5.76. The van der Waals surface area contributed by atoms with E-state index in [1.807, 2.05) is 19.1 Å². The van der Waals surface area contributed by atoms with Gasteiger partial charge >= 0.3 is 0 Å². The van der Waals surface area contributed by atoms with Gasteiger partial charge in [0.05, 0.1) is 31.0 Å². The van der Waals surface area contributed by atoms with Gasteiger partial charge in [-0.2, -0.15) is 0 Å². The number of carbonyl (C=O) groups excluding carboxylic acids is 1. The standard InChI is InChI=1S/C23H26FN3O4/c1-16-6-7-20(30-16)19(27-10-12-29-13-11-27)14-25-22(28)8-9-23-26-15-21(31-23)17-4-2-3-5-18(17)24/h2-7,15,19H,8-14H2,1H3,(H,25,28). The topological polar surface area (TPSA) is 80.7 Å². The molecule has 0 aliphatic carbocycles. The maximum atomic E-state index is 13.9. The Kier molecular flexibility index (Phi) is 6.79. The molecule has 3 aromatic rings. The van der Waals surface area contributed by atoms with Gasteiger partial charge in [-0.1, -0.05) is 12.1 Å². The average Bonchev–Trinajstić information content (AvgIpc) is 3.43. The Morgan fingerprint density at radius 3 is 2.74 bits per heavy atom. The van der Waals surface area contributed by atoms with Gasteiger partial charge in [-0.15, -0.1) is 0 Å². The molecule has 0 bridgehead atoms. The quantitative estimate of drug-likeness (QED) is 0.593. The number of nitrogens with one attached hydrogen (secondary N) is 1. The lowest BCUT2D eigenvalue weighted by Gasteiger charge is -2.33. The zero-order valence-electron chi connectivity index (χ0n) is 17.5. The van der Waals surface area contributed by atoms with Crippen LogP contribution in [0.5, 0.6) is 0 Å². The summed E-state index contributed by atoms with van der Waals surface area (Å²) < 4.78 is 30.8. The number of halogens is 1. The van der Waals surface area contributed by atoms with E-state index in [0.717, 1.165) is 24.6 Å². The smallest absolute Gasteiger partial charge is 0.220 e. The summed E-state index contributed by atoms with van der Waals surface area (Å²) in [6, 6.07) is 10.2. The highest BCUT2D eigenvalue weighted by Crippen LogP contribution is 2.25. The fraction of sp³-hybridized carbons (Fsp3) is 0.391. The summed E-state index contributed by atoms with van der Waals surface area (Å²) in [5.74, 6) is 1.96. The van der Waals surface area contributed by atoms with Crippen LogP contribution in [0.15, 0.2) is 51.4 Å². The predicted octanol–water partition coefficient (Wildman–Crippen LogP) is 3.50. The monoisotopic (exact) mass is 427 g/mol. The normalized spacial score (nSPS) is 15.7. The predicted molar refractivity (Wildman–Crippen MR) is 112 cm³/mol. The number of nitrogens with zero attached hydrogens (tertiary/aromatic N) is 2. The molecule has 1 fully saturated rings. The largest absolute Gasteiger partial charge is 0.465 e. The maximum Gasteiger partial charge on any atom is 0.220 e. The van der Waals surface area contributed by atoms with Crippen molar-refractivity contribution in [2.24, 2.45) is 0 Å². The third-order valence-corrected chi connectivity index (χ3v) is 5.33. The van der Waals surface area contributed by atoms with Gasteiger partial charge in [0.15, 0.2) is 11.7 Å². The first-order chi connectivity index (χ1) is 15.1. The molecule has 0 radical (unpaired) electrons. The first-order valence-electron chi connectivity index (χ1n) is 10.4. The molecule has 1 unspecified atom stereocenters. The van der Waals surface area contributed by atoms with Gasteiger partial charge in [0.1, 0.15) is 17.3 Å². The molecular weight excluding hydrogens is 401 g/mol. The second-order valence-electron chi connectivity index (χ2n) is 7.51. The molecule has 1 N–H and O–H groups in total. The highest BCUT2D eigenvalue weighted by Gasteiger charge is 2.25. The van der Waals surface area contributed by atoms with Crippen molar-refractivity contribution in [3.63, 3.8) is 0 Å². The number of rotatable bonds is 8. The van der Waals surface area contributed by atoms with E-state index in [4.69, 9.17) is 13.6 Å². The van der Waals surface area contributed by atoms with E-state index in [9.17, 15) is 9.18 Å². The number of furan rings is 1. The summed E-state index contributed by atoms with van der Waals surface area (Å²) in [4.78, 5) is 18.9. The SMILES string of the molecule is Cc1ccc(C(CNC(=O)CCc2ncc(-c3ccccc3F)o2)N2CCOCC2)o1. The summed E-state index contributed by atoms with van der Waals surface area (Å²) in [6.07, 6.45) is 2.05. The zero-order chi connectivity index (χ0) is 21.6. The fourth-order valence-electron chi connectivity index (χ4n) is 3.66. The van der Waals surface area contributed by atoms with E-state index in [-0.39, 0.29) is 24.2 Å². The van der Waals surface area contributed by atoms with E-state index >= 15 is 0 Å². The lowest BCUT2D eigenvalue weighted by Crippen LogP contribution is -2.43. The molecule has 3 heterocycles. The first kappa shape index (κ1) is 21.3. The molecule has 31 heavy (non-hydrogen) atoms. The number of oxazole rings is 1. The minimum absolute atomic E-state index is 0.0454. The molecule has 1 amide bonds. The van der Waals surface area contributed by atoms with Crippen LogP contribution < -0.4 is 5.32 Å². The Labute approximate surface area is 180 Å². The lowest BCUT2D eigenvalue weighted by atomic mass is 10.1. The van der Waals surface area contributed by atoms with Crippen molar-refractivity contribution in [1.29, 1.82) is 0 Å². The highest BCUT2D eigenvalue weighted by atomic mass is 19.1. The lowest BCUT2D eigenvalue weighted by molar-refractivity contribution is -0.121. The number of hydrogen-bond acceptors (Lipinski definition) is 6. The minimum atomic E-state index is -0.370. The Bertz CT molecular complexity index is 1010. The molecule has 2 aromatic heterocycles. The van der Waals surface area contributed by atoms with Gasteiger partial charge in [-0.05, 0) is 31.2 Å². The van der Waals surface area contributed by atoms with Crippen molar-refractivity contribution in [3.8, 4) is 11.3 Å². The number of carbonyl (C=O) groups is 1. The zero-order valence-corrected chi connectivity index (χ0v) is 17.5. The van der Waals surface area contributed by atoms with E-state index < -0.39 is 0 Å². The molecule has 1 aliphatic rings. The van der Waals surface area contributed by atoms with Gasteiger partial charge < -0.3 is 18.9 Å². The van der Waals surface area contributed by atoms with Crippen LogP contribution in [0, 0.1) is 12.7 Å². The molecule has 1 aliphatic heterocycles. The van der Waals surface area contributed by atoms with Crippen molar-refractivity contribution >= 4 is 5.91 Å². The molecule has 8 heteroatoms. The van der Waals surface area contributed by atoms with Crippen LogP contribution in [0.25, 0.3) is 11.3 Å². The van der Waals surface area contributed by atoms with Crippen LogP contribution in [0.3, 0.4) is 0 Å². The summed E-state index contributed by atoms with van der Waals surface area (Å²) >= 11 is 0. The van der Waals surface area contributed by atoms with E-state index in [1.54, 1.807) is 18.2 Å². The molecule has 0 saturated carbocycles. The Morgan fingerprint density at radius 1 is 1.19 bits per heavy atom. The van der Waals surface area contributed by atoms with Crippen molar-refractivity contribution in [2.75, 3.05) is 32.8 Å². The van der Waals surface area contributed by atoms with Gasteiger partial charge in [-0.3, -0.25) is 9.69 Å². The summed E-state index contributed by atoms with van der Waals surface area (Å²) in [5, 5.41) is 2.99. The van der Waals surface area contributed by atoms with Crippen LogP contribution in [-0.2, 0) is 16.0 Å². The van der Waals surface area contributed by atoms with Crippen molar-refractivity contribution in [2.45, 2.75) is 25.8 Å². The van der Waals surface area contributed by atoms with Gasteiger partial charge in [0.25, 0.3) is 0 Å². The number of aryl methyl sites for hydroxylation is 2. The fourth-order valence-corrected chi connectivity index (χ4v) is 3.66.